The molecule has 0 aliphatic heterocycles. The molecule has 0 radical (unpaired) electrons. The van der Waals surface area contributed by atoms with Gasteiger partial charge in [0.25, 0.3) is 10.0 Å². The number of halogens is 1. The van der Waals surface area contributed by atoms with Gasteiger partial charge >= 0.3 is 0 Å². The van der Waals surface area contributed by atoms with Crippen LogP contribution < -0.4 is 9.62 Å². The fourth-order valence-electron chi connectivity index (χ4n) is 5.69. The average Bonchev–Trinajstić information content (AvgIpc) is 2.98. The molecule has 4 rings (SSSR count). The van der Waals surface area contributed by atoms with Gasteiger partial charge in [-0.25, -0.2) is 8.42 Å². The van der Waals surface area contributed by atoms with Crippen LogP contribution in [0.25, 0.3) is 0 Å². The fourth-order valence-corrected chi connectivity index (χ4v) is 7.33. The molecule has 1 saturated carbocycles. The molecule has 3 aromatic carbocycles. The van der Waals surface area contributed by atoms with E-state index in [4.69, 9.17) is 11.6 Å². The molecule has 0 spiro atoms. The zero-order chi connectivity index (χ0) is 31.1. The lowest BCUT2D eigenvalue weighted by Gasteiger charge is -2.35. The number of nitrogens with one attached hydrogen (secondary N) is 1. The van der Waals surface area contributed by atoms with Crippen LogP contribution >= 0.6 is 11.6 Å². The predicted octanol–water partition coefficient (Wildman–Crippen LogP) is 6.72. The summed E-state index contributed by atoms with van der Waals surface area (Å²) < 4.78 is 29.4. The zero-order valence-corrected chi connectivity index (χ0v) is 27.0. The minimum absolute atomic E-state index is 0.0672. The standard InChI is InChI=1S/C34H42ClN3O4S/c1-5-31(34(40)36-28-13-7-6-8-14-28)37(22-27-12-9-11-25(3)21-27)33(39)23-38(32-16-10-15-30(35)26(32)4)43(41,42)29-19-17-24(2)18-20-29/h9-12,15-21,28,31H,5-8,13-14,22-23H2,1-4H3,(H,36,40)/t31-/m1/s1. The van der Waals surface area contributed by atoms with Crippen molar-refractivity contribution in [3.05, 3.63) is 94.0 Å². The summed E-state index contributed by atoms with van der Waals surface area (Å²) in [5.41, 5.74) is 3.67. The number of aryl methyl sites for hydroxylation is 2. The molecule has 3 aromatic rings. The van der Waals surface area contributed by atoms with E-state index in [0.717, 1.165) is 53.1 Å². The maximum absolute atomic E-state index is 14.3. The average molecular weight is 624 g/mol. The van der Waals surface area contributed by atoms with Crippen LogP contribution in [0.15, 0.2) is 71.6 Å². The molecule has 0 bridgehead atoms. The molecule has 9 heteroatoms. The van der Waals surface area contributed by atoms with Crippen LogP contribution in [-0.2, 0) is 26.2 Å². The number of sulfonamides is 1. The van der Waals surface area contributed by atoms with Gasteiger partial charge in [-0.3, -0.25) is 13.9 Å². The Kier molecular flexibility index (Phi) is 10.9. The van der Waals surface area contributed by atoms with Gasteiger partial charge in [-0.05, 0) is 75.4 Å². The van der Waals surface area contributed by atoms with Crippen molar-refractivity contribution in [3.8, 4) is 0 Å². The quantitative estimate of drug-likeness (QED) is 0.257. The summed E-state index contributed by atoms with van der Waals surface area (Å²) in [5.74, 6) is -0.676. The van der Waals surface area contributed by atoms with E-state index in [1.54, 1.807) is 49.4 Å². The van der Waals surface area contributed by atoms with Crippen LogP contribution in [-0.4, -0.2) is 43.8 Å². The van der Waals surface area contributed by atoms with Crippen LogP contribution in [0.5, 0.6) is 0 Å². The molecular formula is C34H42ClN3O4S. The molecule has 43 heavy (non-hydrogen) atoms. The molecule has 0 aromatic heterocycles. The van der Waals surface area contributed by atoms with Gasteiger partial charge in [-0.15, -0.1) is 0 Å². The van der Waals surface area contributed by atoms with Gasteiger partial charge in [0.05, 0.1) is 10.6 Å². The first-order valence-corrected chi connectivity index (χ1v) is 16.8. The highest BCUT2D eigenvalue weighted by atomic mass is 35.5. The third-order valence-corrected chi connectivity index (χ3v) is 10.4. The summed E-state index contributed by atoms with van der Waals surface area (Å²) in [6.45, 7) is 7.15. The number of hydrogen-bond donors (Lipinski definition) is 1. The van der Waals surface area contributed by atoms with Crippen molar-refractivity contribution >= 4 is 39.1 Å². The molecule has 1 fully saturated rings. The second-order valence-corrected chi connectivity index (χ2v) is 13.8. The van der Waals surface area contributed by atoms with Gasteiger partial charge in [-0.2, -0.15) is 0 Å². The number of benzene rings is 3. The number of hydrogen-bond acceptors (Lipinski definition) is 4. The maximum atomic E-state index is 14.3. The third kappa shape index (κ3) is 7.98. The molecule has 0 saturated heterocycles. The summed E-state index contributed by atoms with van der Waals surface area (Å²) in [4.78, 5) is 29.6. The zero-order valence-electron chi connectivity index (χ0n) is 25.5. The van der Waals surface area contributed by atoms with Gasteiger partial charge in [0.15, 0.2) is 0 Å². The minimum atomic E-state index is -4.17. The van der Waals surface area contributed by atoms with Gasteiger partial charge in [0.2, 0.25) is 11.8 Å². The Labute approximate surface area is 261 Å². The third-order valence-electron chi connectivity index (χ3n) is 8.17. The topological polar surface area (TPSA) is 86.8 Å². The highest BCUT2D eigenvalue weighted by molar-refractivity contribution is 7.92. The van der Waals surface area contributed by atoms with Crippen LogP contribution in [0.2, 0.25) is 5.02 Å². The molecule has 7 nitrogen and oxygen atoms in total. The molecule has 1 aliphatic rings. The number of rotatable bonds is 11. The molecule has 2 amide bonds. The molecule has 0 heterocycles. The number of nitrogens with zero attached hydrogens (tertiary/aromatic N) is 2. The predicted molar refractivity (Wildman–Crippen MR) is 173 cm³/mol. The van der Waals surface area contributed by atoms with Gasteiger partial charge in [0, 0.05) is 17.6 Å². The molecule has 230 valence electrons. The van der Waals surface area contributed by atoms with Crippen molar-refractivity contribution in [2.75, 3.05) is 10.8 Å². The smallest absolute Gasteiger partial charge is 0.264 e. The van der Waals surface area contributed by atoms with Crippen LogP contribution in [0.3, 0.4) is 0 Å². The SMILES string of the molecule is CC[C@H](C(=O)NC1CCCCC1)N(Cc1cccc(C)c1)C(=O)CN(c1cccc(Cl)c1C)S(=O)(=O)c1ccc(C)cc1. The lowest BCUT2D eigenvalue weighted by Crippen LogP contribution is -2.54. The Balaban J connectivity index is 1.74. The highest BCUT2D eigenvalue weighted by Gasteiger charge is 2.35. The van der Waals surface area contributed by atoms with Crippen molar-refractivity contribution < 1.29 is 18.0 Å². The molecule has 1 atom stereocenters. The first-order valence-electron chi connectivity index (χ1n) is 15.0. The van der Waals surface area contributed by atoms with E-state index in [1.165, 1.54) is 4.90 Å². The lowest BCUT2D eigenvalue weighted by atomic mass is 9.95. The highest BCUT2D eigenvalue weighted by Crippen LogP contribution is 2.31. The van der Waals surface area contributed by atoms with Gasteiger partial charge in [0.1, 0.15) is 12.6 Å². The Morgan fingerprint density at radius 1 is 0.930 bits per heavy atom. The summed E-state index contributed by atoms with van der Waals surface area (Å²) in [6, 6.07) is 18.6. The molecule has 1 N–H and O–H groups in total. The number of carbonyl (C=O) groups is 2. The molecular weight excluding hydrogens is 582 g/mol. The first kappa shape index (κ1) is 32.6. The second kappa shape index (κ2) is 14.4. The fraction of sp³-hybridized carbons (Fsp3) is 0.412. The van der Waals surface area contributed by atoms with Crippen molar-refractivity contribution in [1.82, 2.24) is 10.2 Å². The van der Waals surface area contributed by atoms with E-state index < -0.39 is 28.5 Å². The Morgan fingerprint density at radius 2 is 1.60 bits per heavy atom. The van der Waals surface area contributed by atoms with E-state index in [1.807, 2.05) is 45.0 Å². The van der Waals surface area contributed by atoms with Crippen molar-refractivity contribution in [3.63, 3.8) is 0 Å². The normalized spacial score (nSPS) is 14.6. The number of carbonyl (C=O) groups excluding carboxylic acids is 2. The molecule has 1 aliphatic carbocycles. The first-order chi connectivity index (χ1) is 20.5. The lowest BCUT2D eigenvalue weighted by molar-refractivity contribution is -0.140. The summed E-state index contributed by atoms with van der Waals surface area (Å²) in [7, 11) is -4.17. The van der Waals surface area contributed by atoms with E-state index in [0.29, 0.717) is 22.7 Å². The second-order valence-electron chi connectivity index (χ2n) is 11.5. The summed E-state index contributed by atoms with van der Waals surface area (Å²) >= 11 is 6.43. The van der Waals surface area contributed by atoms with E-state index >= 15 is 0 Å². The van der Waals surface area contributed by atoms with E-state index in [9.17, 15) is 18.0 Å². The van der Waals surface area contributed by atoms with Gasteiger partial charge in [-0.1, -0.05) is 91.4 Å². The summed E-state index contributed by atoms with van der Waals surface area (Å²) in [6.07, 6.45) is 5.53. The van der Waals surface area contributed by atoms with Crippen molar-refractivity contribution in [1.29, 1.82) is 0 Å². The Bertz CT molecular complexity index is 1540. The molecule has 0 unspecified atom stereocenters. The van der Waals surface area contributed by atoms with E-state index in [2.05, 4.69) is 5.32 Å². The number of amides is 2. The minimum Gasteiger partial charge on any atom is -0.352 e. The largest absolute Gasteiger partial charge is 0.352 e. The monoisotopic (exact) mass is 623 g/mol. The van der Waals surface area contributed by atoms with Crippen molar-refractivity contribution in [2.24, 2.45) is 0 Å². The van der Waals surface area contributed by atoms with Crippen LogP contribution in [0.4, 0.5) is 5.69 Å². The van der Waals surface area contributed by atoms with E-state index in [-0.39, 0.29) is 23.4 Å². The maximum Gasteiger partial charge on any atom is 0.264 e. The van der Waals surface area contributed by atoms with Gasteiger partial charge < -0.3 is 10.2 Å². The Hall–Kier alpha value is -3.36. The van der Waals surface area contributed by atoms with Crippen LogP contribution in [0.1, 0.15) is 67.7 Å². The summed E-state index contributed by atoms with van der Waals surface area (Å²) in [5, 5.41) is 3.58. The van der Waals surface area contributed by atoms with Crippen molar-refractivity contribution in [2.45, 2.75) is 89.7 Å². The Morgan fingerprint density at radius 3 is 2.26 bits per heavy atom. The van der Waals surface area contributed by atoms with Crippen LogP contribution in [0, 0.1) is 20.8 Å². The number of anilines is 1.